The van der Waals surface area contributed by atoms with Gasteiger partial charge in [-0.15, -0.1) is 5.43 Å². The number of hydrogen-bond donors (Lipinski definition) is 4. The van der Waals surface area contributed by atoms with E-state index in [1.807, 2.05) is 0 Å². The van der Waals surface area contributed by atoms with E-state index >= 15 is 0 Å². The third-order valence-corrected chi connectivity index (χ3v) is 0.801. The minimum atomic E-state index is -0.852. The van der Waals surface area contributed by atoms with Gasteiger partial charge in [0, 0.05) is 0 Å². The van der Waals surface area contributed by atoms with Gasteiger partial charge in [-0.2, -0.15) is 10.1 Å². The third kappa shape index (κ3) is 7.86. The molecule has 0 aromatic heterocycles. The summed E-state index contributed by atoms with van der Waals surface area (Å²) in [5.74, 6) is 7.31. The van der Waals surface area contributed by atoms with Gasteiger partial charge in [-0.1, -0.05) is 0 Å². The van der Waals surface area contributed by atoms with Crippen LogP contribution in [0.15, 0.2) is 0 Å². The van der Waals surface area contributed by atoms with Gasteiger partial charge in [0.25, 0.3) is 0 Å². The molecular formula is C6H19N5O. The van der Waals surface area contributed by atoms with Crippen LogP contribution in [0.1, 0.15) is 27.7 Å². The molecule has 0 amide bonds. The van der Waals surface area contributed by atoms with Crippen LogP contribution in [0.4, 0.5) is 0 Å². The first kappa shape index (κ1) is 11.8. The van der Waals surface area contributed by atoms with Crippen LogP contribution in [0, 0.1) is 0 Å². The second-order valence-electron chi connectivity index (χ2n) is 3.88. The van der Waals surface area contributed by atoms with E-state index < -0.39 is 11.4 Å². The summed E-state index contributed by atoms with van der Waals surface area (Å²) < 4.78 is 0. The van der Waals surface area contributed by atoms with Crippen molar-refractivity contribution in [1.29, 1.82) is 0 Å². The minimum Gasteiger partial charge on any atom is -0.412 e. The maximum atomic E-state index is 7.31. The van der Waals surface area contributed by atoms with E-state index in [1.54, 1.807) is 27.7 Å². The van der Waals surface area contributed by atoms with Gasteiger partial charge < -0.3 is 11.6 Å². The lowest BCUT2D eigenvalue weighted by atomic mass is 10.3. The highest BCUT2D eigenvalue weighted by atomic mass is 16.8. The summed E-state index contributed by atoms with van der Waals surface area (Å²) in [7, 11) is 0. The molecule has 6 nitrogen and oxygen atoms in total. The average molecular weight is 177 g/mol. The van der Waals surface area contributed by atoms with Crippen LogP contribution >= 0.6 is 0 Å². The SMILES string of the molecule is CC(C)(N)N[NH+]([NH-])OC(C)(C)N. The van der Waals surface area contributed by atoms with Crippen LogP contribution in [-0.2, 0) is 4.84 Å². The van der Waals surface area contributed by atoms with Crippen LogP contribution in [-0.4, -0.2) is 11.4 Å². The van der Waals surface area contributed by atoms with Gasteiger partial charge in [-0.3, -0.25) is 5.73 Å². The molecule has 0 saturated heterocycles. The first-order valence-corrected chi connectivity index (χ1v) is 3.74. The summed E-state index contributed by atoms with van der Waals surface area (Å²) in [5.41, 5.74) is 12.2. The number of nitrogens with one attached hydrogen (secondary N) is 3. The van der Waals surface area contributed by atoms with Gasteiger partial charge >= 0.3 is 0 Å². The van der Waals surface area contributed by atoms with Crippen LogP contribution in [0.25, 0.3) is 5.84 Å². The van der Waals surface area contributed by atoms with Crippen LogP contribution < -0.4 is 22.2 Å². The molecule has 1 unspecified atom stereocenters. The van der Waals surface area contributed by atoms with E-state index in [2.05, 4.69) is 5.43 Å². The standard InChI is InChI=1S/C6H19N5O/c1-5(2,7)10-11(9)12-6(3,4)8/h9-11H,7-8H2,1-4H3. The lowest BCUT2D eigenvalue weighted by Crippen LogP contribution is -3.15. The second-order valence-corrected chi connectivity index (χ2v) is 3.88. The first-order valence-electron chi connectivity index (χ1n) is 3.74. The van der Waals surface area contributed by atoms with Gasteiger partial charge in [-0.25, -0.2) is 0 Å². The molecule has 0 aliphatic rings. The van der Waals surface area contributed by atoms with Crippen molar-refractivity contribution < 1.29 is 10.1 Å². The van der Waals surface area contributed by atoms with E-state index in [4.69, 9.17) is 22.1 Å². The maximum Gasteiger partial charge on any atom is 0.171 e. The van der Waals surface area contributed by atoms with Crippen LogP contribution in [0.3, 0.4) is 0 Å². The monoisotopic (exact) mass is 177 g/mol. The second kappa shape index (κ2) is 3.65. The van der Waals surface area contributed by atoms with Crippen molar-refractivity contribution in [2.45, 2.75) is 39.1 Å². The van der Waals surface area contributed by atoms with Crippen molar-refractivity contribution in [3.8, 4) is 0 Å². The highest BCUT2D eigenvalue weighted by Crippen LogP contribution is 1.92. The minimum absolute atomic E-state index is 0.116. The number of quaternary nitrogens is 1. The van der Waals surface area contributed by atoms with Crippen molar-refractivity contribution in [1.82, 2.24) is 5.43 Å². The predicted octanol–water partition coefficient (Wildman–Crippen LogP) is -1.34. The molecule has 6 heteroatoms. The quantitative estimate of drug-likeness (QED) is 0.315. The van der Waals surface area contributed by atoms with Gasteiger partial charge in [0.1, 0.15) is 5.66 Å². The Kier molecular flexibility index (Phi) is 3.58. The smallest absolute Gasteiger partial charge is 0.171 e. The summed E-state index contributed by atoms with van der Waals surface area (Å²) in [6.07, 6.45) is 0. The molecule has 0 bridgehead atoms. The molecule has 0 aliphatic heterocycles. The Labute approximate surface area is 72.9 Å². The van der Waals surface area contributed by atoms with Gasteiger partial charge in [0.2, 0.25) is 0 Å². The molecule has 0 radical (unpaired) electrons. The van der Waals surface area contributed by atoms with E-state index in [0.29, 0.717) is 0 Å². The fraction of sp³-hybridized carbons (Fsp3) is 1.00. The van der Waals surface area contributed by atoms with Crippen LogP contribution in [0.5, 0.6) is 0 Å². The van der Waals surface area contributed by atoms with E-state index in [1.165, 1.54) is 0 Å². The lowest BCUT2D eigenvalue weighted by Gasteiger charge is -2.31. The molecule has 0 aromatic rings. The Hall–Kier alpha value is -0.240. The number of rotatable bonds is 4. The van der Waals surface area contributed by atoms with E-state index in [0.717, 1.165) is 0 Å². The summed E-state index contributed by atoms with van der Waals surface area (Å²) in [5, 5.41) is -0.116. The zero-order chi connectivity index (χ0) is 9.99. The number of nitrogens with two attached hydrogens (primary N) is 2. The topological polar surface area (TPSA) is 102 Å². The number of hydrogen-bond acceptors (Lipinski definition) is 4. The fourth-order valence-electron chi connectivity index (χ4n) is 0.581. The zero-order valence-corrected chi connectivity index (χ0v) is 8.06. The summed E-state index contributed by atoms with van der Waals surface area (Å²) in [6, 6.07) is 0. The Morgan fingerprint density at radius 2 is 1.67 bits per heavy atom. The predicted molar refractivity (Wildman–Crippen MR) is 46.0 cm³/mol. The molecule has 74 valence electrons. The summed E-state index contributed by atoms with van der Waals surface area (Å²) in [4.78, 5) is 4.98. The summed E-state index contributed by atoms with van der Waals surface area (Å²) in [6.45, 7) is 6.78. The van der Waals surface area contributed by atoms with Crippen molar-refractivity contribution >= 4 is 0 Å². The van der Waals surface area contributed by atoms with Crippen molar-refractivity contribution in [2.75, 3.05) is 0 Å². The highest BCUT2D eigenvalue weighted by Gasteiger charge is 2.20. The Bertz CT molecular complexity index is 120. The van der Waals surface area contributed by atoms with Crippen molar-refractivity contribution in [3.05, 3.63) is 5.84 Å². The molecule has 0 heterocycles. The van der Waals surface area contributed by atoms with E-state index in [9.17, 15) is 0 Å². The molecule has 0 spiro atoms. The molecule has 0 saturated carbocycles. The van der Waals surface area contributed by atoms with Crippen LogP contribution in [0.2, 0.25) is 0 Å². The highest BCUT2D eigenvalue weighted by molar-refractivity contribution is 4.60. The van der Waals surface area contributed by atoms with Crippen molar-refractivity contribution in [3.63, 3.8) is 0 Å². The average Bonchev–Trinajstić information content (AvgIpc) is 1.49. The zero-order valence-electron chi connectivity index (χ0n) is 8.06. The normalized spacial score (nSPS) is 16.2. The Morgan fingerprint density at radius 3 is 1.92 bits per heavy atom. The molecule has 0 fully saturated rings. The van der Waals surface area contributed by atoms with Gasteiger partial charge in [0.15, 0.2) is 5.72 Å². The lowest BCUT2D eigenvalue weighted by molar-refractivity contribution is -1.10. The molecule has 0 rings (SSSR count). The maximum absolute atomic E-state index is 7.31. The molecule has 7 N–H and O–H groups in total. The largest absolute Gasteiger partial charge is 0.412 e. The van der Waals surface area contributed by atoms with Gasteiger partial charge in [0.05, 0.1) is 0 Å². The summed E-state index contributed by atoms with van der Waals surface area (Å²) >= 11 is 0. The molecule has 0 aromatic carbocycles. The Balaban J connectivity index is 3.83. The molecule has 1 atom stereocenters. The molecular weight excluding hydrogens is 158 g/mol. The third-order valence-electron chi connectivity index (χ3n) is 0.801. The van der Waals surface area contributed by atoms with Crippen molar-refractivity contribution in [2.24, 2.45) is 11.5 Å². The van der Waals surface area contributed by atoms with E-state index in [-0.39, 0.29) is 5.28 Å². The molecule has 0 aliphatic carbocycles. The fourth-order valence-corrected chi connectivity index (χ4v) is 0.581. The Morgan fingerprint density at radius 1 is 1.25 bits per heavy atom. The van der Waals surface area contributed by atoms with Gasteiger partial charge in [-0.05, 0) is 27.7 Å². The first-order chi connectivity index (χ1) is 5.10. The molecule has 12 heavy (non-hydrogen) atoms.